The number of hydrogen-bond donors (Lipinski definition) is 3. The van der Waals surface area contributed by atoms with Gasteiger partial charge >= 0.3 is 0 Å². The van der Waals surface area contributed by atoms with Crippen LogP contribution in [-0.2, 0) is 16.4 Å². The predicted octanol–water partition coefficient (Wildman–Crippen LogP) is 0.152. The molecule has 0 saturated heterocycles. The number of nitrogens with one attached hydrogen (secondary N) is 3. The molecule has 9 heteroatoms. The topological polar surface area (TPSA) is 113 Å². The van der Waals surface area contributed by atoms with Crippen LogP contribution in [0.3, 0.4) is 0 Å². The fraction of sp³-hybridized carbons (Fsp3) is 0.364. The van der Waals surface area contributed by atoms with Crippen LogP contribution in [-0.4, -0.2) is 41.7 Å². The zero-order chi connectivity index (χ0) is 14.4. The predicted molar refractivity (Wildman–Crippen MR) is 73.7 cm³/mol. The summed E-state index contributed by atoms with van der Waals surface area (Å²) < 4.78 is 27.0. The molecule has 0 aliphatic rings. The van der Waals surface area contributed by atoms with Gasteiger partial charge in [0.2, 0.25) is 10.0 Å². The summed E-state index contributed by atoms with van der Waals surface area (Å²) in [4.78, 5) is 7.93. The third kappa shape index (κ3) is 3.52. The summed E-state index contributed by atoms with van der Waals surface area (Å²) in [6, 6.07) is 1.63. The Bertz CT molecular complexity index is 641. The van der Waals surface area contributed by atoms with Crippen molar-refractivity contribution in [3.8, 4) is 0 Å². The largest absolute Gasteiger partial charge is 0.384 e. The SMILES string of the molecule is CCNc1ccncc1S(=O)(=O)NCCc1ncn[nH]1. The van der Waals surface area contributed by atoms with Gasteiger partial charge in [-0.05, 0) is 13.0 Å². The maximum atomic E-state index is 12.2. The van der Waals surface area contributed by atoms with Crippen LogP contribution in [0.2, 0.25) is 0 Å². The van der Waals surface area contributed by atoms with Gasteiger partial charge in [0, 0.05) is 31.9 Å². The van der Waals surface area contributed by atoms with Gasteiger partial charge in [-0.25, -0.2) is 18.1 Å². The summed E-state index contributed by atoms with van der Waals surface area (Å²) in [6.45, 7) is 2.76. The molecule has 0 saturated carbocycles. The number of aromatic amines is 1. The van der Waals surface area contributed by atoms with Crippen molar-refractivity contribution in [3.63, 3.8) is 0 Å². The second-order valence-electron chi connectivity index (χ2n) is 3.98. The molecule has 3 N–H and O–H groups in total. The Morgan fingerprint density at radius 2 is 2.25 bits per heavy atom. The van der Waals surface area contributed by atoms with Crippen LogP contribution in [0.1, 0.15) is 12.7 Å². The van der Waals surface area contributed by atoms with Gasteiger partial charge in [-0.1, -0.05) is 0 Å². The average Bonchev–Trinajstić information content (AvgIpc) is 2.92. The van der Waals surface area contributed by atoms with E-state index in [4.69, 9.17) is 0 Å². The maximum Gasteiger partial charge on any atom is 0.244 e. The van der Waals surface area contributed by atoms with E-state index in [0.717, 1.165) is 0 Å². The Hall–Kier alpha value is -2.00. The number of rotatable bonds is 7. The summed E-state index contributed by atoms with van der Waals surface area (Å²) in [5.41, 5.74) is 0.537. The first-order valence-electron chi connectivity index (χ1n) is 6.15. The molecule has 0 spiro atoms. The van der Waals surface area contributed by atoms with E-state index in [1.807, 2.05) is 6.92 Å². The lowest BCUT2D eigenvalue weighted by molar-refractivity contribution is 0.580. The van der Waals surface area contributed by atoms with Crippen LogP contribution < -0.4 is 10.0 Å². The maximum absolute atomic E-state index is 12.2. The molecule has 0 aliphatic carbocycles. The van der Waals surface area contributed by atoms with Gasteiger partial charge in [0.05, 0.1) is 5.69 Å². The van der Waals surface area contributed by atoms with Gasteiger partial charge in [0.1, 0.15) is 17.0 Å². The molecule has 0 aromatic carbocycles. The van der Waals surface area contributed by atoms with E-state index >= 15 is 0 Å². The van der Waals surface area contributed by atoms with E-state index < -0.39 is 10.0 Å². The molecular weight excluding hydrogens is 280 g/mol. The van der Waals surface area contributed by atoms with Gasteiger partial charge in [0.25, 0.3) is 0 Å². The highest BCUT2D eigenvalue weighted by molar-refractivity contribution is 7.89. The first-order valence-corrected chi connectivity index (χ1v) is 7.63. The Kier molecular flexibility index (Phi) is 4.64. The van der Waals surface area contributed by atoms with Crippen molar-refractivity contribution in [1.82, 2.24) is 24.9 Å². The zero-order valence-corrected chi connectivity index (χ0v) is 11.8. The minimum Gasteiger partial charge on any atom is -0.384 e. The number of sulfonamides is 1. The van der Waals surface area contributed by atoms with E-state index in [-0.39, 0.29) is 11.4 Å². The van der Waals surface area contributed by atoms with Crippen molar-refractivity contribution in [2.75, 3.05) is 18.4 Å². The second kappa shape index (κ2) is 6.44. The molecule has 2 aromatic rings. The number of anilines is 1. The minimum absolute atomic E-state index is 0.138. The van der Waals surface area contributed by atoms with Crippen molar-refractivity contribution < 1.29 is 8.42 Å². The van der Waals surface area contributed by atoms with Crippen molar-refractivity contribution in [2.45, 2.75) is 18.2 Å². The monoisotopic (exact) mass is 296 g/mol. The van der Waals surface area contributed by atoms with Crippen molar-refractivity contribution in [2.24, 2.45) is 0 Å². The van der Waals surface area contributed by atoms with Crippen molar-refractivity contribution >= 4 is 15.7 Å². The number of hydrogen-bond acceptors (Lipinski definition) is 6. The normalized spacial score (nSPS) is 11.4. The molecule has 20 heavy (non-hydrogen) atoms. The Morgan fingerprint density at radius 1 is 1.40 bits per heavy atom. The standard InChI is InChI=1S/C11H16N6O2S/c1-2-13-9-3-5-12-7-10(9)20(18,19)16-6-4-11-14-8-15-17-11/h3,5,7-8,16H,2,4,6H2,1H3,(H,12,13)(H,14,15,17). The minimum atomic E-state index is -3.60. The van der Waals surface area contributed by atoms with Crippen LogP contribution in [0.4, 0.5) is 5.69 Å². The summed E-state index contributed by atoms with van der Waals surface area (Å²) in [5.74, 6) is 0.630. The lowest BCUT2D eigenvalue weighted by atomic mass is 10.4. The number of aromatic nitrogens is 4. The van der Waals surface area contributed by atoms with Crippen molar-refractivity contribution in [3.05, 3.63) is 30.6 Å². The summed E-state index contributed by atoms with van der Waals surface area (Å²) >= 11 is 0. The van der Waals surface area contributed by atoms with Crippen LogP contribution in [0.5, 0.6) is 0 Å². The lowest BCUT2D eigenvalue weighted by Crippen LogP contribution is -2.27. The highest BCUT2D eigenvalue weighted by Crippen LogP contribution is 2.18. The molecule has 2 heterocycles. The summed E-state index contributed by atoms with van der Waals surface area (Å²) in [7, 11) is -3.60. The molecule has 2 aromatic heterocycles. The van der Waals surface area contributed by atoms with Gasteiger partial charge in [-0.2, -0.15) is 5.10 Å². The molecular formula is C11H16N6O2S. The first-order chi connectivity index (χ1) is 9.63. The van der Waals surface area contributed by atoms with Crippen LogP contribution in [0.15, 0.2) is 29.7 Å². The van der Waals surface area contributed by atoms with Crippen molar-refractivity contribution in [1.29, 1.82) is 0 Å². The Morgan fingerprint density at radius 3 is 2.95 bits per heavy atom. The lowest BCUT2D eigenvalue weighted by Gasteiger charge is -2.11. The Balaban J connectivity index is 2.06. The van der Waals surface area contributed by atoms with Crippen LogP contribution >= 0.6 is 0 Å². The molecule has 0 aliphatic heterocycles. The highest BCUT2D eigenvalue weighted by Gasteiger charge is 2.18. The highest BCUT2D eigenvalue weighted by atomic mass is 32.2. The summed E-state index contributed by atoms with van der Waals surface area (Å²) in [6.07, 6.45) is 4.70. The number of pyridine rings is 1. The fourth-order valence-corrected chi connectivity index (χ4v) is 2.82. The quantitative estimate of drug-likeness (QED) is 0.670. The second-order valence-corrected chi connectivity index (χ2v) is 5.72. The third-order valence-electron chi connectivity index (χ3n) is 2.56. The molecule has 0 unspecified atom stereocenters. The molecule has 0 bridgehead atoms. The van der Waals surface area contributed by atoms with E-state index in [2.05, 4.69) is 30.2 Å². The van der Waals surface area contributed by atoms with Gasteiger partial charge in [0.15, 0.2) is 0 Å². The van der Waals surface area contributed by atoms with Gasteiger partial charge < -0.3 is 5.32 Å². The molecule has 2 rings (SSSR count). The Labute approximate surface area is 117 Å². The average molecular weight is 296 g/mol. The molecule has 8 nitrogen and oxygen atoms in total. The molecule has 0 radical (unpaired) electrons. The van der Waals surface area contributed by atoms with E-state index in [0.29, 0.717) is 24.5 Å². The smallest absolute Gasteiger partial charge is 0.244 e. The number of H-pyrrole nitrogens is 1. The van der Waals surface area contributed by atoms with Crippen LogP contribution in [0.25, 0.3) is 0 Å². The summed E-state index contributed by atoms with van der Waals surface area (Å²) in [5, 5.41) is 9.37. The molecule has 0 amide bonds. The first kappa shape index (κ1) is 14.4. The molecule has 108 valence electrons. The van der Waals surface area contributed by atoms with E-state index in [1.165, 1.54) is 12.5 Å². The van der Waals surface area contributed by atoms with Gasteiger partial charge in [-0.3, -0.25) is 10.1 Å². The van der Waals surface area contributed by atoms with Gasteiger partial charge in [-0.15, -0.1) is 0 Å². The number of nitrogens with zero attached hydrogens (tertiary/aromatic N) is 3. The van der Waals surface area contributed by atoms with E-state index in [1.54, 1.807) is 12.3 Å². The third-order valence-corrected chi connectivity index (χ3v) is 4.05. The molecule has 0 atom stereocenters. The molecule has 0 fully saturated rings. The zero-order valence-electron chi connectivity index (χ0n) is 11.0. The fourth-order valence-electron chi connectivity index (χ4n) is 1.66. The van der Waals surface area contributed by atoms with E-state index in [9.17, 15) is 8.42 Å². The van der Waals surface area contributed by atoms with Crippen LogP contribution in [0, 0.1) is 0 Å².